The summed E-state index contributed by atoms with van der Waals surface area (Å²) in [6, 6.07) is 0. The number of hydrogen-bond donors (Lipinski definition) is 0. The van der Waals surface area contributed by atoms with E-state index >= 15 is 0 Å². The Morgan fingerprint density at radius 3 is 1.62 bits per heavy atom. The standard InChI is InChI=1S/C24H45NO4/c1-2-3-4-5-6-7-8-12-15-18-25-19-21-28-23(26)16-13-10-9-11-14-17-24(27)29-22-20-25/h2-22H2,1H3. The SMILES string of the molecule is CCCCCCCCCCCN1CCOC(=O)CCCCCCCC(=O)OCC1. The molecule has 0 aromatic carbocycles. The highest BCUT2D eigenvalue weighted by molar-refractivity contribution is 5.69. The Balaban J connectivity index is 2.25. The number of ether oxygens (including phenoxy) is 2. The molecule has 5 heteroatoms. The van der Waals surface area contributed by atoms with Crippen LogP contribution in [-0.2, 0) is 19.1 Å². The molecule has 0 aliphatic carbocycles. The topological polar surface area (TPSA) is 55.8 Å². The fourth-order valence-corrected chi connectivity index (χ4v) is 3.77. The number of carbonyl (C=O) groups is 2. The summed E-state index contributed by atoms with van der Waals surface area (Å²) in [5.74, 6) is -0.155. The molecule has 1 fully saturated rings. The van der Waals surface area contributed by atoms with Crippen molar-refractivity contribution in [3.05, 3.63) is 0 Å². The lowest BCUT2D eigenvalue weighted by Gasteiger charge is -2.22. The highest BCUT2D eigenvalue weighted by atomic mass is 16.5. The van der Waals surface area contributed by atoms with Crippen LogP contribution in [0.25, 0.3) is 0 Å². The lowest BCUT2D eigenvalue weighted by molar-refractivity contribution is -0.144. The van der Waals surface area contributed by atoms with E-state index in [-0.39, 0.29) is 11.9 Å². The van der Waals surface area contributed by atoms with Gasteiger partial charge in [0.2, 0.25) is 0 Å². The normalized spacial score (nSPS) is 18.9. The molecule has 0 amide bonds. The predicted octanol–water partition coefficient (Wildman–Crippen LogP) is 5.65. The quantitative estimate of drug-likeness (QED) is 0.343. The second kappa shape index (κ2) is 18.9. The van der Waals surface area contributed by atoms with Gasteiger partial charge >= 0.3 is 11.9 Å². The Labute approximate surface area is 178 Å². The van der Waals surface area contributed by atoms with E-state index in [1.807, 2.05) is 0 Å². The van der Waals surface area contributed by atoms with Crippen LogP contribution in [0.3, 0.4) is 0 Å². The average Bonchev–Trinajstić information content (AvgIpc) is 2.70. The molecule has 1 rings (SSSR count). The van der Waals surface area contributed by atoms with E-state index in [2.05, 4.69) is 11.8 Å². The van der Waals surface area contributed by atoms with Crippen molar-refractivity contribution in [2.24, 2.45) is 0 Å². The number of cyclic esters (lactones) is 2. The van der Waals surface area contributed by atoms with Gasteiger partial charge in [0.25, 0.3) is 0 Å². The van der Waals surface area contributed by atoms with Gasteiger partial charge in [0.1, 0.15) is 13.2 Å². The number of rotatable bonds is 10. The zero-order chi connectivity index (χ0) is 21.0. The van der Waals surface area contributed by atoms with Crippen molar-refractivity contribution < 1.29 is 19.1 Å². The van der Waals surface area contributed by atoms with Crippen molar-refractivity contribution in [1.82, 2.24) is 4.90 Å². The van der Waals surface area contributed by atoms with E-state index in [1.165, 1.54) is 51.4 Å². The molecule has 1 heterocycles. The lowest BCUT2D eigenvalue weighted by Crippen LogP contribution is -2.33. The van der Waals surface area contributed by atoms with Crippen molar-refractivity contribution in [2.75, 3.05) is 32.8 Å². The Bertz CT molecular complexity index is 388. The van der Waals surface area contributed by atoms with Gasteiger partial charge in [-0.3, -0.25) is 14.5 Å². The minimum absolute atomic E-state index is 0.0773. The van der Waals surface area contributed by atoms with Gasteiger partial charge in [0, 0.05) is 25.9 Å². The Morgan fingerprint density at radius 2 is 1.10 bits per heavy atom. The van der Waals surface area contributed by atoms with Crippen molar-refractivity contribution in [3.63, 3.8) is 0 Å². The van der Waals surface area contributed by atoms with Crippen LogP contribution in [0.15, 0.2) is 0 Å². The number of unbranched alkanes of at least 4 members (excludes halogenated alkanes) is 8. The summed E-state index contributed by atoms with van der Waals surface area (Å²) in [7, 11) is 0. The van der Waals surface area contributed by atoms with Gasteiger partial charge in [-0.05, 0) is 25.8 Å². The van der Waals surface area contributed by atoms with Crippen LogP contribution in [0.2, 0.25) is 0 Å². The third-order valence-electron chi connectivity index (χ3n) is 5.68. The van der Waals surface area contributed by atoms with Gasteiger partial charge in [-0.15, -0.1) is 0 Å². The lowest BCUT2D eigenvalue weighted by atomic mass is 10.1. The number of esters is 2. The first kappa shape index (κ1) is 25.9. The van der Waals surface area contributed by atoms with Gasteiger partial charge in [-0.2, -0.15) is 0 Å². The molecular formula is C24H45NO4. The Kier molecular flexibility index (Phi) is 16.9. The van der Waals surface area contributed by atoms with E-state index in [4.69, 9.17) is 9.47 Å². The summed E-state index contributed by atoms with van der Waals surface area (Å²) < 4.78 is 10.8. The molecule has 170 valence electrons. The van der Waals surface area contributed by atoms with Gasteiger partial charge < -0.3 is 9.47 Å². The molecule has 0 bridgehead atoms. The molecule has 0 atom stereocenters. The fraction of sp³-hybridized carbons (Fsp3) is 0.917. The summed E-state index contributed by atoms with van der Waals surface area (Å²) >= 11 is 0. The van der Waals surface area contributed by atoms with Gasteiger partial charge in [0.15, 0.2) is 0 Å². The first-order chi connectivity index (χ1) is 14.2. The van der Waals surface area contributed by atoms with Crippen LogP contribution in [0.5, 0.6) is 0 Å². The molecule has 1 aliphatic rings. The maximum atomic E-state index is 11.8. The molecule has 0 aromatic rings. The highest BCUT2D eigenvalue weighted by Crippen LogP contribution is 2.11. The fourth-order valence-electron chi connectivity index (χ4n) is 3.77. The summed E-state index contributed by atoms with van der Waals surface area (Å²) in [6.07, 6.45) is 17.7. The van der Waals surface area contributed by atoms with Crippen LogP contribution in [-0.4, -0.2) is 49.7 Å². The second-order valence-electron chi connectivity index (χ2n) is 8.38. The van der Waals surface area contributed by atoms with Crippen LogP contribution in [0.4, 0.5) is 0 Å². The van der Waals surface area contributed by atoms with E-state index < -0.39 is 0 Å². The van der Waals surface area contributed by atoms with E-state index in [0.29, 0.717) is 26.1 Å². The Morgan fingerprint density at radius 1 is 0.655 bits per heavy atom. The summed E-state index contributed by atoms with van der Waals surface area (Å²) in [6.45, 7) is 5.55. The van der Waals surface area contributed by atoms with Gasteiger partial charge in [0.05, 0.1) is 0 Å². The van der Waals surface area contributed by atoms with Crippen molar-refractivity contribution in [2.45, 2.75) is 110 Å². The maximum absolute atomic E-state index is 11.8. The molecule has 0 radical (unpaired) electrons. The second-order valence-corrected chi connectivity index (χ2v) is 8.38. The minimum atomic E-state index is -0.0773. The summed E-state index contributed by atoms with van der Waals surface area (Å²) in [5, 5.41) is 0. The van der Waals surface area contributed by atoms with Crippen LogP contribution < -0.4 is 0 Å². The number of hydrogen-bond acceptors (Lipinski definition) is 5. The molecule has 1 aliphatic heterocycles. The van der Waals surface area contributed by atoms with E-state index in [0.717, 1.165) is 58.2 Å². The molecule has 0 aromatic heterocycles. The summed E-state index contributed by atoms with van der Waals surface area (Å²) in [4.78, 5) is 26.0. The molecule has 0 saturated carbocycles. The third-order valence-corrected chi connectivity index (χ3v) is 5.68. The van der Waals surface area contributed by atoms with Crippen LogP contribution in [0, 0.1) is 0 Å². The molecule has 0 spiro atoms. The first-order valence-corrected chi connectivity index (χ1v) is 12.3. The van der Waals surface area contributed by atoms with Crippen molar-refractivity contribution >= 4 is 11.9 Å². The molecule has 0 unspecified atom stereocenters. The average molecular weight is 412 g/mol. The predicted molar refractivity (Wildman–Crippen MR) is 118 cm³/mol. The molecule has 5 nitrogen and oxygen atoms in total. The number of carbonyl (C=O) groups excluding carboxylic acids is 2. The van der Waals surface area contributed by atoms with Crippen molar-refractivity contribution in [1.29, 1.82) is 0 Å². The van der Waals surface area contributed by atoms with Crippen molar-refractivity contribution in [3.8, 4) is 0 Å². The van der Waals surface area contributed by atoms with Gasteiger partial charge in [-0.1, -0.05) is 77.6 Å². The smallest absolute Gasteiger partial charge is 0.305 e. The monoisotopic (exact) mass is 411 g/mol. The first-order valence-electron chi connectivity index (χ1n) is 12.3. The van der Waals surface area contributed by atoms with E-state index in [1.54, 1.807) is 0 Å². The molecule has 1 saturated heterocycles. The van der Waals surface area contributed by atoms with Gasteiger partial charge in [-0.25, -0.2) is 0 Å². The zero-order valence-corrected chi connectivity index (χ0v) is 18.9. The maximum Gasteiger partial charge on any atom is 0.305 e. The zero-order valence-electron chi connectivity index (χ0n) is 18.9. The largest absolute Gasteiger partial charge is 0.464 e. The summed E-state index contributed by atoms with van der Waals surface area (Å²) in [5.41, 5.74) is 0. The highest BCUT2D eigenvalue weighted by Gasteiger charge is 2.10. The van der Waals surface area contributed by atoms with Crippen LogP contribution in [0.1, 0.15) is 110 Å². The Hall–Kier alpha value is -1.10. The third kappa shape index (κ3) is 16.4. The molecule has 0 N–H and O–H groups in total. The molecule has 29 heavy (non-hydrogen) atoms. The molecular weight excluding hydrogens is 366 g/mol. The number of nitrogens with zero attached hydrogens (tertiary/aromatic N) is 1. The van der Waals surface area contributed by atoms with E-state index in [9.17, 15) is 9.59 Å². The minimum Gasteiger partial charge on any atom is -0.464 e. The van der Waals surface area contributed by atoms with Crippen LogP contribution >= 0.6 is 0 Å².